The van der Waals surface area contributed by atoms with Crippen molar-refractivity contribution in [3.8, 4) is 5.75 Å². The van der Waals surface area contributed by atoms with Gasteiger partial charge < -0.3 is 10.1 Å². The number of hydrogen-bond acceptors (Lipinski definition) is 3. The minimum atomic E-state index is 0.0261. The zero-order chi connectivity index (χ0) is 13.0. The Bertz CT molecular complexity index is 458. The number of rotatable bonds is 6. The second kappa shape index (κ2) is 6.00. The summed E-state index contributed by atoms with van der Waals surface area (Å²) in [6.45, 7) is 0.331. The van der Waals surface area contributed by atoms with Crippen LogP contribution in [0.1, 0.15) is 29.6 Å². The van der Waals surface area contributed by atoms with E-state index in [1.165, 1.54) is 0 Å². The largest absolute Gasteiger partial charge is 0.492 e. The van der Waals surface area contributed by atoms with Gasteiger partial charge in [0.05, 0.1) is 17.5 Å². The molecule has 1 aromatic rings. The Morgan fingerprint density at radius 3 is 2.89 bits per heavy atom. The molecule has 5 heteroatoms. The lowest BCUT2D eigenvalue weighted by molar-refractivity contribution is -0.121. The van der Waals surface area contributed by atoms with Gasteiger partial charge in [-0.2, -0.15) is 0 Å². The normalized spacial score (nSPS) is 14.1. The van der Waals surface area contributed by atoms with Crippen LogP contribution in [-0.2, 0) is 4.79 Å². The van der Waals surface area contributed by atoms with Crippen molar-refractivity contribution in [1.82, 2.24) is 5.32 Å². The van der Waals surface area contributed by atoms with Crippen molar-refractivity contribution >= 4 is 28.1 Å². The summed E-state index contributed by atoms with van der Waals surface area (Å²) in [5.74, 6) is 0.665. The van der Waals surface area contributed by atoms with Crippen molar-refractivity contribution in [3.63, 3.8) is 0 Å². The fraction of sp³-hybridized carbons (Fsp3) is 0.385. The molecule has 1 N–H and O–H groups in total. The van der Waals surface area contributed by atoms with Crippen molar-refractivity contribution in [2.24, 2.45) is 0 Å². The molecule has 1 saturated carbocycles. The summed E-state index contributed by atoms with van der Waals surface area (Å²) in [6.07, 6.45) is 3.30. The number of carbonyl (C=O) groups excluding carboxylic acids is 2. The Hall–Kier alpha value is -1.36. The summed E-state index contributed by atoms with van der Waals surface area (Å²) >= 11 is 3.32. The lowest BCUT2D eigenvalue weighted by Gasteiger charge is -2.08. The number of amides is 1. The topological polar surface area (TPSA) is 55.4 Å². The first-order valence-electron chi connectivity index (χ1n) is 5.86. The highest BCUT2D eigenvalue weighted by Gasteiger charge is 2.22. The number of ether oxygens (including phenoxy) is 1. The van der Waals surface area contributed by atoms with Crippen molar-refractivity contribution in [2.45, 2.75) is 25.3 Å². The van der Waals surface area contributed by atoms with E-state index in [4.69, 9.17) is 4.74 Å². The predicted molar refractivity (Wildman–Crippen MR) is 70.8 cm³/mol. The highest BCUT2D eigenvalue weighted by molar-refractivity contribution is 9.10. The van der Waals surface area contributed by atoms with E-state index in [1.54, 1.807) is 18.2 Å². The summed E-state index contributed by atoms with van der Waals surface area (Å²) in [5.41, 5.74) is 0.584. The van der Waals surface area contributed by atoms with E-state index in [0.717, 1.165) is 23.6 Å². The third-order valence-electron chi connectivity index (χ3n) is 2.62. The zero-order valence-electron chi connectivity index (χ0n) is 9.82. The van der Waals surface area contributed by atoms with E-state index in [-0.39, 0.29) is 5.91 Å². The van der Waals surface area contributed by atoms with Gasteiger partial charge in [0.15, 0.2) is 0 Å². The van der Waals surface area contributed by atoms with Crippen LogP contribution in [0.15, 0.2) is 22.7 Å². The molecule has 0 radical (unpaired) electrons. The first-order chi connectivity index (χ1) is 8.69. The van der Waals surface area contributed by atoms with Crippen LogP contribution >= 0.6 is 15.9 Å². The number of carbonyl (C=O) groups is 2. The molecule has 1 aliphatic rings. The monoisotopic (exact) mass is 311 g/mol. The first kappa shape index (κ1) is 13.1. The molecular weight excluding hydrogens is 298 g/mol. The van der Waals surface area contributed by atoms with E-state index >= 15 is 0 Å². The predicted octanol–water partition coefficient (Wildman–Crippen LogP) is 2.31. The molecule has 1 amide bonds. The second-order valence-electron chi connectivity index (χ2n) is 4.25. The van der Waals surface area contributed by atoms with E-state index in [9.17, 15) is 9.59 Å². The van der Waals surface area contributed by atoms with Gasteiger partial charge in [-0.05, 0) is 47.0 Å². The quantitative estimate of drug-likeness (QED) is 0.820. The van der Waals surface area contributed by atoms with Gasteiger partial charge in [0.25, 0.3) is 0 Å². The lowest BCUT2D eigenvalue weighted by atomic mass is 10.2. The minimum Gasteiger partial charge on any atom is -0.492 e. The van der Waals surface area contributed by atoms with Crippen molar-refractivity contribution in [3.05, 3.63) is 28.2 Å². The molecule has 0 unspecified atom stereocenters. The third kappa shape index (κ3) is 3.84. The smallest absolute Gasteiger partial charge is 0.223 e. The molecule has 4 nitrogen and oxygen atoms in total. The molecule has 0 saturated heterocycles. The number of benzene rings is 1. The van der Waals surface area contributed by atoms with Gasteiger partial charge in [-0.25, -0.2) is 0 Å². The summed E-state index contributed by atoms with van der Waals surface area (Å²) in [7, 11) is 0. The average Bonchev–Trinajstić information content (AvgIpc) is 3.15. The first-order valence-corrected chi connectivity index (χ1v) is 6.65. The number of halogens is 1. The highest BCUT2D eigenvalue weighted by atomic mass is 79.9. The summed E-state index contributed by atoms with van der Waals surface area (Å²) < 4.78 is 6.20. The van der Waals surface area contributed by atoms with Gasteiger partial charge in [-0.1, -0.05) is 0 Å². The summed E-state index contributed by atoms with van der Waals surface area (Å²) in [6, 6.07) is 5.47. The lowest BCUT2D eigenvalue weighted by Crippen LogP contribution is -2.26. The van der Waals surface area contributed by atoms with Crippen LogP contribution in [0.5, 0.6) is 5.75 Å². The van der Waals surface area contributed by atoms with E-state index in [1.807, 2.05) is 0 Å². The zero-order valence-corrected chi connectivity index (χ0v) is 11.4. The molecule has 0 spiro atoms. The fourth-order valence-corrected chi connectivity index (χ4v) is 2.00. The molecule has 1 aromatic carbocycles. The number of aldehydes is 1. The molecule has 0 aromatic heterocycles. The molecule has 0 heterocycles. The molecule has 0 aliphatic heterocycles. The number of nitrogens with one attached hydrogen (secondary N) is 1. The van der Waals surface area contributed by atoms with Gasteiger partial charge in [-0.15, -0.1) is 0 Å². The molecule has 0 atom stereocenters. The fourth-order valence-electron chi connectivity index (χ4n) is 1.49. The van der Waals surface area contributed by atoms with Gasteiger partial charge in [0.1, 0.15) is 12.0 Å². The maximum atomic E-state index is 11.4. The van der Waals surface area contributed by atoms with Crippen LogP contribution in [0, 0.1) is 0 Å². The third-order valence-corrected chi connectivity index (χ3v) is 3.24. The molecule has 1 fully saturated rings. The van der Waals surface area contributed by atoms with Crippen LogP contribution in [0.2, 0.25) is 0 Å². The van der Waals surface area contributed by atoms with Crippen molar-refractivity contribution in [2.75, 3.05) is 6.61 Å². The van der Waals surface area contributed by atoms with Crippen molar-refractivity contribution in [1.29, 1.82) is 0 Å². The van der Waals surface area contributed by atoms with Crippen LogP contribution in [0.3, 0.4) is 0 Å². The maximum Gasteiger partial charge on any atom is 0.223 e. The van der Waals surface area contributed by atoms with E-state index < -0.39 is 0 Å². The minimum absolute atomic E-state index is 0.0261. The standard InChI is InChI=1S/C13H14BrNO3/c14-11-7-9(8-16)1-4-12(11)18-6-5-13(17)15-10-2-3-10/h1,4,7-8,10H,2-3,5-6H2,(H,15,17). The molecule has 18 heavy (non-hydrogen) atoms. The highest BCUT2D eigenvalue weighted by Crippen LogP contribution is 2.25. The molecular formula is C13H14BrNO3. The van der Waals surface area contributed by atoms with Crippen molar-refractivity contribution < 1.29 is 14.3 Å². The van der Waals surface area contributed by atoms with Gasteiger partial charge in [-0.3, -0.25) is 9.59 Å². The Labute approximate surface area is 114 Å². The SMILES string of the molecule is O=Cc1ccc(OCCC(=O)NC2CC2)c(Br)c1. The van der Waals surface area contributed by atoms with Crippen LogP contribution in [0.4, 0.5) is 0 Å². The Balaban J connectivity index is 1.78. The van der Waals surface area contributed by atoms with E-state index in [0.29, 0.717) is 30.4 Å². The molecule has 96 valence electrons. The molecule has 0 bridgehead atoms. The Morgan fingerprint density at radius 2 is 2.28 bits per heavy atom. The molecule has 2 rings (SSSR count). The molecule has 1 aliphatic carbocycles. The van der Waals surface area contributed by atoms with Gasteiger partial charge >= 0.3 is 0 Å². The Morgan fingerprint density at radius 1 is 1.50 bits per heavy atom. The average molecular weight is 312 g/mol. The summed E-state index contributed by atoms with van der Waals surface area (Å²) in [5, 5.41) is 2.90. The van der Waals surface area contributed by atoms with E-state index in [2.05, 4.69) is 21.2 Å². The van der Waals surface area contributed by atoms with Crippen LogP contribution in [0.25, 0.3) is 0 Å². The van der Waals surface area contributed by atoms with Crippen LogP contribution in [-0.4, -0.2) is 24.8 Å². The van der Waals surface area contributed by atoms with Crippen LogP contribution < -0.4 is 10.1 Å². The second-order valence-corrected chi connectivity index (χ2v) is 5.10. The van der Waals surface area contributed by atoms with Gasteiger partial charge in [0, 0.05) is 11.6 Å². The van der Waals surface area contributed by atoms with Gasteiger partial charge in [0.2, 0.25) is 5.91 Å². The Kier molecular flexibility index (Phi) is 4.36. The maximum absolute atomic E-state index is 11.4. The number of hydrogen-bond donors (Lipinski definition) is 1. The summed E-state index contributed by atoms with van der Waals surface area (Å²) in [4.78, 5) is 22.0.